The second-order valence-electron chi connectivity index (χ2n) is 4.01. The van der Waals surface area contributed by atoms with Gasteiger partial charge in [0.2, 0.25) is 11.9 Å². The monoisotopic (exact) mass is 208 g/mol. The zero-order chi connectivity index (χ0) is 10.5. The summed E-state index contributed by atoms with van der Waals surface area (Å²) in [5, 5.41) is 9.07. The van der Waals surface area contributed by atoms with Crippen molar-refractivity contribution >= 4 is 11.9 Å². The van der Waals surface area contributed by atoms with Crippen LogP contribution in [-0.2, 0) is 4.79 Å². The van der Waals surface area contributed by atoms with E-state index in [2.05, 4.69) is 20.5 Å². The Morgan fingerprint density at radius 3 is 2.67 bits per heavy atom. The lowest BCUT2D eigenvalue weighted by Crippen LogP contribution is -2.22. The van der Waals surface area contributed by atoms with Crippen LogP contribution in [0.1, 0.15) is 38.5 Å². The third kappa shape index (κ3) is 2.78. The molecule has 0 saturated heterocycles. The fraction of sp³-hybridized carbons (Fsp3) is 0.700. The van der Waals surface area contributed by atoms with Gasteiger partial charge in [-0.1, -0.05) is 25.7 Å². The number of aromatic amines is 1. The van der Waals surface area contributed by atoms with Crippen molar-refractivity contribution in [2.75, 3.05) is 5.32 Å². The average Bonchev–Trinajstić information content (AvgIpc) is 2.58. The fourth-order valence-electron chi connectivity index (χ4n) is 2.03. The number of rotatable bonds is 2. The highest BCUT2D eigenvalue weighted by Gasteiger charge is 2.20. The number of carbonyl (C=O) groups is 1. The Kier molecular flexibility index (Phi) is 3.32. The quantitative estimate of drug-likeness (QED) is 0.727. The van der Waals surface area contributed by atoms with Crippen LogP contribution < -0.4 is 5.32 Å². The lowest BCUT2D eigenvalue weighted by molar-refractivity contribution is -0.120. The van der Waals surface area contributed by atoms with Gasteiger partial charge in [-0.3, -0.25) is 10.1 Å². The second-order valence-corrected chi connectivity index (χ2v) is 4.01. The first-order valence-corrected chi connectivity index (χ1v) is 5.52. The minimum absolute atomic E-state index is 0.0775. The van der Waals surface area contributed by atoms with Crippen molar-refractivity contribution in [2.24, 2.45) is 5.92 Å². The van der Waals surface area contributed by atoms with E-state index in [1.165, 1.54) is 19.2 Å². The summed E-state index contributed by atoms with van der Waals surface area (Å²) in [5.74, 6) is 0.676. The molecule has 0 aromatic carbocycles. The van der Waals surface area contributed by atoms with E-state index in [9.17, 15) is 4.79 Å². The fourth-order valence-corrected chi connectivity index (χ4v) is 2.03. The third-order valence-corrected chi connectivity index (χ3v) is 2.88. The molecule has 1 heterocycles. The summed E-state index contributed by atoms with van der Waals surface area (Å²) >= 11 is 0. The Bertz CT molecular complexity index is 301. The number of amides is 1. The van der Waals surface area contributed by atoms with Crippen LogP contribution in [0, 0.1) is 5.92 Å². The van der Waals surface area contributed by atoms with Gasteiger partial charge in [-0.25, -0.2) is 5.10 Å². The van der Waals surface area contributed by atoms with E-state index >= 15 is 0 Å². The Labute approximate surface area is 88.7 Å². The third-order valence-electron chi connectivity index (χ3n) is 2.88. The lowest BCUT2D eigenvalue weighted by Gasteiger charge is -2.11. The summed E-state index contributed by atoms with van der Waals surface area (Å²) < 4.78 is 0. The number of H-pyrrole nitrogens is 1. The molecule has 1 amide bonds. The molecule has 0 aliphatic heterocycles. The molecule has 5 nitrogen and oxygen atoms in total. The van der Waals surface area contributed by atoms with Crippen molar-refractivity contribution in [3.63, 3.8) is 0 Å². The Balaban J connectivity index is 1.89. The highest BCUT2D eigenvalue weighted by Crippen LogP contribution is 2.23. The largest absolute Gasteiger partial charge is 0.295 e. The normalized spacial score (nSPS) is 18.4. The molecule has 1 aliphatic rings. The van der Waals surface area contributed by atoms with Crippen LogP contribution in [0.25, 0.3) is 0 Å². The highest BCUT2D eigenvalue weighted by atomic mass is 16.2. The zero-order valence-corrected chi connectivity index (χ0v) is 8.70. The number of anilines is 1. The topological polar surface area (TPSA) is 70.7 Å². The summed E-state index contributed by atoms with van der Waals surface area (Å²) in [6, 6.07) is 0. The first-order valence-electron chi connectivity index (χ1n) is 5.52. The van der Waals surface area contributed by atoms with Gasteiger partial charge >= 0.3 is 0 Å². The Hall–Kier alpha value is -1.39. The van der Waals surface area contributed by atoms with E-state index in [-0.39, 0.29) is 11.8 Å². The van der Waals surface area contributed by atoms with Crippen LogP contribution in [0.15, 0.2) is 6.33 Å². The van der Waals surface area contributed by atoms with Crippen LogP contribution in [-0.4, -0.2) is 21.1 Å². The first-order chi connectivity index (χ1) is 7.36. The molecule has 5 heteroatoms. The zero-order valence-electron chi connectivity index (χ0n) is 8.70. The van der Waals surface area contributed by atoms with Crippen molar-refractivity contribution in [1.82, 2.24) is 15.2 Å². The summed E-state index contributed by atoms with van der Waals surface area (Å²) in [6.07, 6.45) is 8.23. The van der Waals surface area contributed by atoms with Crippen molar-refractivity contribution in [2.45, 2.75) is 38.5 Å². The van der Waals surface area contributed by atoms with Gasteiger partial charge in [0.1, 0.15) is 6.33 Å². The number of hydrogen-bond donors (Lipinski definition) is 2. The molecule has 82 valence electrons. The molecular weight excluding hydrogens is 192 g/mol. The molecular formula is C10H16N4O. The molecule has 1 aromatic heterocycles. The van der Waals surface area contributed by atoms with Gasteiger partial charge in [0.25, 0.3) is 0 Å². The molecule has 2 rings (SSSR count). The van der Waals surface area contributed by atoms with E-state index in [0.717, 1.165) is 25.7 Å². The SMILES string of the molecule is O=C(Nc1ncn[nH]1)C1CCCCCC1. The Morgan fingerprint density at radius 2 is 2.07 bits per heavy atom. The summed E-state index contributed by atoms with van der Waals surface area (Å²) in [7, 11) is 0. The maximum absolute atomic E-state index is 11.8. The molecule has 0 spiro atoms. The molecule has 0 bridgehead atoms. The average molecular weight is 208 g/mol. The molecule has 0 atom stereocenters. The van der Waals surface area contributed by atoms with E-state index in [0.29, 0.717) is 5.95 Å². The molecule has 1 aromatic rings. The van der Waals surface area contributed by atoms with Gasteiger partial charge < -0.3 is 0 Å². The molecule has 0 radical (unpaired) electrons. The van der Waals surface area contributed by atoms with E-state index in [1.807, 2.05) is 0 Å². The maximum Gasteiger partial charge on any atom is 0.229 e. The number of nitrogens with one attached hydrogen (secondary N) is 2. The predicted molar refractivity (Wildman–Crippen MR) is 56.2 cm³/mol. The van der Waals surface area contributed by atoms with E-state index < -0.39 is 0 Å². The number of aromatic nitrogens is 3. The minimum atomic E-state index is 0.0775. The van der Waals surface area contributed by atoms with E-state index in [1.54, 1.807) is 0 Å². The summed E-state index contributed by atoms with van der Waals surface area (Å²) in [6.45, 7) is 0. The number of hydrogen-bond acceptors (Lipinski definition) is 3. The van der Waals surface area contributed by atoms with Gasteiger partial charge in [0, 0.05) is 5.92 Å². The van der Waals surface area contributed by atoms with Crippen LogP contribution in [0.3, 0.4) is 0 Å². The van der Waals surface area contributed by atoms with Gasteiger partial charge in [-0.15, -0.1) is 0 Å². The standard InChI is InChI=1S/C10H16N4O/c15-9(13-10-11-7-12-14-10)8-5-3-1-2-4-6-8/h7-8H,1-6H2,(H2,11,12,13,14,15). The molecule has 2 N–H and O–H groups in total. The van der Waals surface area contributed by atoms with Crippen molar-refractivity contribution < 1.29 is 4.79 Å². The first kappa shape index (κ1) is 10.1. The van der Waals surface area contributed by atoms with Crippen molar-refractivity contribution in [3.8, 4) is 0 Å². The molecule has 15 heavy (non-hydrogen) atoms. The van der Waals surface area contributed by atoms with Crippen molar-refractivity contribution in [3.05, 3.63) is 6.33 Å². The molecule has 0 unspecified atom stereocenters. The minimum Gasteiger partial charge on any atom is -0.295 e. The van der Waals surface area contributed by atoms with Crippen LogP contribution >= 0.6 is 0 Å². The van der Waals surface area contributed by atoms with Gasteiger partial charge in [-0.05, 0) is 12.8 Å². The smallest absolute Gasteiger partial charge is 0.229 e. The van der Waals surface area contributed by atoms with E-state index in [4.69, 9.17) is 0 Å². The van der Waals surface area contributed by atoms with Crippen LogP contribution in [0.2, 0.25) is 0 Å². The predicted octanol–water partition coefficient (Wildman–Crippen LogP) is 1.71. The summed E-state index contributed by atoms with van der Waals surface area (Å²) in [5.41, 5.74) is 0. The number of nitrogens with zero attached hydrogens (tertiary/aromatic N) is 2. The number of carbonyl (C=O) groups excluding carboxylic acids is 1. The summed E-state index contributed by atoms with van der Waals surface area (Å²) in [4.78, 5) is 15.7. The molecule has 1 fully saturated rings. The highest BCUT2D eigenvalue weighted by molar-refractivity contribution is 5.90. The maximum atomic E-state index is 11.8. The van der Waals surface area contributed by atoms with Crippen LogP contribution in [0.5, 0.6) is 0 Å². The van der Waals surface area contributed by atoms with Gasteiger partial charge in [-0.2, -0.15) is 10.1 Å². The molecule has 1 aliphatic carbocycles. The second kappa shape index (κ2) is 4.91. The lowest BCUT2D eigenvalue weighted by atomic mass is 10.00. The van der Waals surface area contributed by atoms with Crippen molar-refractivity contribution in [1.29, 1.82) is 0 Å². The van der Waals surface area contributed by atoms with Crippen LogP contribution in [0.4, 0.5) is 5.95 Å². The van der Waals surface area contributed by atoms with Gasteiger partial charge in [0.05, 0.1) is 0 Å². The molecule has 1 saturated carbocycles. The Morgan fingerprint density at radius 1 is 1.33 bits per heavy atom. The van der Waals surface area contributed by atoms with Gasteiger partial charge in [0.15, 0.2) is 0 Å².